The number of likely N-dealkylation sites (tertiary alicyclic amines) is 1. The molecule has 1 saturated heterocycles. The van der Waals surface area contributed by atoms with E-state index in [-0.39, 0.29) is 0 Å². The molecule has 0 aromatic carbocycles. The first-order valence-corrected chi connectivity index (χ1v) is 4.86. The van der Waals surface area contributed by atoms with Crippen LogP contribution in [-0.2, 0) is 6.54 Å². The number of aliphatic hydroxyl groups is 1. The van der Waals surface area contributed by atoms with Crippen molar-refractivity contribution in [2.75, 3.05) is 13.1 Å². The van der Waals surface area contributed by atoms with Gasteiger partial charge in [0, 0.05) is 30.7 Å². The van der Waals surface area contributed by atoms with Gasteiger partial charge in [-0.1, -0.05) is 0 Å². The number of thiazole rings is 1. The van der Waals surface area contributed by atoms with Crippen molar-refractivity contribution in [2.24, 2.45) is 0 Å². The topological polar surface area (TPSA) is 36.4 Å². The Balaban J connectivity index is 1.84. The van der Waals surface area contributed by atoms with Crippen molar-refractivity contribution < 1.29 is 5.11 Å². The van der Waals surface area contributed by atoms with Crippen LogP contribution >= 0.6 is 11.3 Å². The minimum absolute atomic E-state index is 0.454. The summed E-state index contributed by atoms with van der Waals surface area (Å²) < 4.78 is 0. The van der Waals surface area contributed by atoms with Crippen LogP contribution in [0.3, 0.4) is 0 Å². The fraction of sp³-hybridized carbons (Fsp3) is 0.625. The summed E-state index contributed by atoms with van der Waals surface area (Å²) >= 11 is 1.67. The molecule has 12 heavy (non-hydrogen) atoms. The summed E-state index contributed by atoms with van der Waals surface area (Å²) in [5.41, 5.74) is 1.39. The highest BCUT2D eigenvalue weighted by atomic mass is 32.1. The molecule has 4 heteroatoms. The van der Waals surface area contributed by atoms with Gasteiger partial charge in [-0.2, -0.15) is 0 Å². The van der Waals surface area contributed by atoms with Crippen LogP contribution < -0.4 is 0 Å². The van der Waals surface area contributed by atoms with Gasteiger partial charge in [0.05, 0.1) is 11.1 Å². The molecule has 0 bridgehead atoms. The number of β-amino-alcohol motifs (C(OH)–C–C–N with tert-alkyl or cyclic N) is 1. The first-order valence-electron chi connectivity index (χ1n) is 3.98. The smallest absolute Gasteiger partial charge is 0.0872 e. The molecule has 1 N–H and O–H groups in total. The summed E-state index contributed by atoms with van der Waals surface area (Å²) in [6.07, 6.45) is 1.89. The molecule has 0 atom stereocenters. The second-order valence-corrected chi connectivity index (χ2v) is 4.58. The van der Waals surface area contributed by atoms with Crippen molar-refractivity contribution in [3.63, 3.8) is 0 Å². The van der Waals surface area contributed by atoms with Gasteiger partial charge in [-0.25, -0.2) is 0 Å². The Morgan fingerprint density at radius 2 is 2.50 bits per heavy atom. The largest absolute Gasteiger partial charge is 0.388 e. The highest BCUT2D eigenvalue weighted by molar-refractivity contribution is 7.09. The molecule has 0 saturated carbocycles. The lowest BCUT2D eigenvalue weighted by molar-refractivity contribution is -0.0867. The average molecular weight is 184 g/mol. The lowest BCUT2D eigenvalue weighted by Crippen LogP contribution is -2.59. The third-order valence-corrected chi connectivity index (χ3v) is 2.76. The maximum atomic E-state index is 9.46. The van der Waals surface area contributed by atoms with Crippen molar-refractivity contribution >= 4 is 11.3 Å². The Hall–Kier alpha value is -0.450. The van der Waals surface area contributed by atoms with Crippen LogP contribution in [0, 0.1) is 0 Å². The van der Waals surface area contributed by atoms with Crippen LogP contribution in [-0.4, -0.2) is 33.7 Å². The zero-order valence-electron chi connectivity index (χ0n) is 7.03. The third kappa shape index (κ3) is 1.65. The molecule has 1 fully saturated rings. The van der Waals surface area contributed by atoms with Crippen LogP contribution in [0.4, 0.5) is 0 Å². The second kappa shape index (κ2) is 2.80. The molecule has 0 amide bonds. The number of rotatable bonds is 2. The van der Waals surface area contributed by atoms with Gasteiger partial charge in [0.1, 0.15) is 0 Å². The first kappa shape index (κ1) is 8.16. The fourth-order valence-electron chi connectivity index (χ4n) is 1.57. The SMILES string of the molecule is CC1(O)CN(Cc2cncs2)C1. The Labute approximate surface area is 75.7 Å². The molecular formula is C8H12N2OS. The van der Waals surface area contributed by atoms with Gasteiger partial charge < -0.3 is 5.11 Å². The molecule has 1 aliphatic heterocycles. The van der Waals surface area contributed by atoms with Gasteiger partial charge in [0.2, 0.25) is 0 Å². The summed E-state index contributed by atoms with van der Waals surface area (Å²) in [7, 11) is 0. The van der Waals surface area contributed by atoms with E-state index in [9.17, 15) is 5.11 Å². The third-order valence-electron chi connectivity index (χ3n) is 1.99. The molecule has 2 rings (SSSR count). The number of hydrogen-bond donors (Lipinski definition) is 1. The molecular weight excluding hydrogens is 172 g/mol. The van der Waals surface area contributed by atoms with E-state index in [1.54, 1.807) is 11.3 Å². The molecule has 0 radical (unpaired) electrons. The monoisotopic (exact) mass is 184 g/mol. The Morgan fingerprint density at radius 3 is 3.00 bits per heavy atom. The van der Waals surface area contributed by atoms with E-state index in [0.29, 0.717) is 0 Å². The van der Waals surface area contributed by atoms with Crippen LogP contribution in [0.1, 0.15) is 11.8 Å². The summed E-state index contributed by atoms with van der Waals surface area (Å²) in [5, 5.41) is 9.46. The lowest BCUT2D eigenvalue weighted by Gasteiger charge is -2.43. The maximum absolute atomic E-state index is 9.46. The molecule has 0 spiro atoms. The van der Waals surface area contributed by atoms with E-state index in [1.807, 2.05) is 18.6 Å². The Bertz CT molecular complexity index is 250. The van der Waals surface area contributed by atoms with E-state index in [0.717, 1.165) is 19.6 Å². The van der Waals surface area contributed by atoms with Crippen LogP contribution in [0.2, 0.25) is 0 Å². The Morgan fingerprint density at radius 1 is 1.75 bits per heavy atom. The van der Waals surface area contributed by atoms with Gasteiger partial charge in [0.25, 0.3) is 0 Å². The lowest BCUT2D eigenvalue weighted by atomic mass is 9.97. The van der Waals surface area contributed by atoms with Crippen molar-refractivity contribution in [1.29, 1.82) is 0 Å². The van der Waals surface area contributed by atoms with Gasteiger partial charge >= 0.3 is 0 Å². The predicted octanol–water partition coefficient (Wildman–Crippen LogP) is 0.710. The molecule has 1 aromatic rings. The van der Waals surface area contributed by atoms with Crippen molar-refractivity contribution in [1.82, 2.24) is 9.88 Å². The van der Waals surface area contributed by atoms with Crippen molar-refractivity contribution in [3.8, 4) is 0 Å². The molecule has 0 unspecified atom stereocenters. The summed E-state index contributed by atoms with van der Waals surface area (Å²) in [6, 6.07) is 0. The van der Waals surface area contributed by atoms with Crippen molar-refractivity contribution in [3.05, 3.63) is 16.6 Å². The minimum atomic E-state index is -0.454. The number of hydrogen-bond acceptors (Lipinski definition) is 4. The zero-order valence-corrected chi connectivity index (χ0v) is 7.84. The zero-order chi connectivity index (χ0) is 8.60. The highest BCUT2D eigenvalue weighted by Gasteiger charge is 2.36. The molecule has 0 aliphatic carbocycles. The van der Waals surface area contributed by atoms with Gasteiger partial charge in [0.15, 0.2) is 0 Å². The number of nitrogens with zero attached hydrogens (tertiary/aromatic N) is 2. The summed E-state index contributed by atoms with van der Waals surface area (Å²) in [6.45, 7) is 4.37. The molecule has 3 nitrogen and oxygen atoms in total. The number of aromatic nitrogens is 1. The van der Waals surface area contributed by atoms with Gasteiger partial charge in [-0.15, -0.1) is 11.3 Å². The van der Waals surface area contributed by atoms with Crippen LogP contribution in [0.5, 0.6) is 0 Å². The maximum Gasteiger partial charge on any atom is 0.0872 e. The van der Waals surface area contributed by atoms with Gasteiger partial charge in [-0.3, -0.25) is 9.88 Å². The highest BCUT2D eigenvalue weighted by Crippen LogP contribution is 2.22. The normalized spacial score (nSPS) is 22.2. The van der Waals surface area contributed by atoms with E-state index in [4.69, 9.17) is 0 Å². The fourth-order valence-corrected chi connectivity index (χ4v) is 2.21. The van der Waals surface area contributed by atoms with E-state index in [2.05, 4.69) is 9.88 Å². The van der Waals surface area contributed by atoms with E-state index < -0.39 is 5.60 Å². The minimum Gasteiger partial charge on any atom is -0.388 e. The van der Waals surface area contributed by atoms with Gasteiger partial charge in [-0.05, 0) is 6.92 Å². The standard InChI is InChI=1S/C8H12N2OS/c1-8(11)4-10(5-8)3-7-2-9-6-12-7/h2,6,11H,3-5H2,1H3. The van der Waals surface area contributed by atoms with Crippen LogP contribution in [0.15, 0.2) is 11.7 Å². The Kier molecular flexibility index (Phi) is 1.90. The van der Waals surface area contributed by atoms with Crippen molar-refractivity contribution in [2.45, 2.75) is 19.1 Å². The summed E-state index contributed by atoms with van der Waals surface area (Å²) in [5.74, 6) is 0. The van der Waals surface area contributed by atoms with E-state index in [1.165, 1.54) is 4.88 Å². The van der Waals surface area contributed by atoms with E-state index >= 15 is 0 Å². The average Bonchev–Trinajstić information content (AvgIpc) is 2.35. The first-order chi connectivity index (χ1) is 5.66. The predicted molar refractivity (Wildman–Crippen MR) is 48.0 cm³/mol. The second-order valence-electron chi connectivity index (χ2n) is 3.61. The van der Waals surface area contributed by atoms with Crippen LogP contribution in [0.25, 0.3) is 0 Å². The molecule has 1 aliphatic rings. The molecule has 1 aromatic heterocycles. The molecule has 66 valence electrons. The summed E-state index contributed by atoms with van der Waals surface area (Å²) in [4.78, 5) is 7.48. The quantitative estimate of drug-likeness (QED) is 0.735. The molecule has 2 heterocycles.